The van der Waals surface area contributed by atoms with Crippen molar-refractivity contribution in [1.29, 1.82) is 0 Å². The summed E-state index contributed by atoms with van der Waals surface area (Å²) in [5.41, 5.74) is 4.89. The van der Waals surface area contributed by atoms with Gasteiger partial charge in [-0.25, -0.2) is 4.57 Å². The summed E-state index contributed by atoms with van der Waals surface area (Å²) in [5.74, 6) is 0. The molecule has 4 heterocycles. The minimum absolute atomic E-state index is 0.146. The van der Waals surface area contributed by atoms with E-state index in [1.165, 1.54) is 148 Å². The summed E-state index contributed by atoms with van der Waals surface area (Å²) in [6, 6.07) is 4.38. The fraction of sp³-hybridized carbons (Fsp3) is 0.875. The molecule has 4 N–H and O–H groups in total. The number of pyridine rings is 1. The van der Waals surface area contributed by atoms with Crippen molar-refractivity contribution in [3.63, 3.8) is 0 Å². The van der Waals surface area contributed by atoms with E-state index < -0.39 is 0 Å². The quantitative estimate of drug-likeness (QED) is 0.0777. The van der Waals surface area contributed by atoms with E-state index >= 15 is 0 Å². The van der Waals surface area contributed by atoms with Crippen LogP contribution in [-0.4, -0.2) is 46.6 Å². The van der Waals surface area contributed by atoms with Gasteiger partial charge in [0.05, 0.1) is 12.2 Å². The van der Waals surface area contributed by atoms with Gasteiger partial charge in [0.25, 0.3) is 0 Å². The zero-order valence-electron chi connectivity index (χ0n) is 29.6. The Labute approximate surface area is 277 Å². The number of aryl methyl sites for hydroxylation is 3. The zero-order chi connectivity index (χ0) is 31.7. The molecule has 0 unspecified atom stereocenters. The van der Waals surface area contributed by atoms with E-state index in [2.05, 4.69) is 41.3 Å². The summed E-state index contributed by atoms with van der Waals surface area (Å²) in [4.78, 5) is 0. The molecule has 5 nitrogen and oxygen atoms in total. The second-order valence-electron chi connectivity index (χ2n) is 15.4. The van der Waals surface area contributed by atoms with Crippen molar-refractivity contribution in [2.75, 3.05) is 0 Å². The lowest BCUT2D eigenvalue weighted by molar-refractivity contribution is -0.691. The summed E-state index contributed by atoms with van der Waals surface area (Å²) < 4.78 is 2.60. The molecule has 0 saturated carbocycles. The predicted octanol–water partition coefficient (Wildman–Crippen LogP) is 8.03. The minimum atomic E-state index is -0.146. The van der Waals surface area contributed by atoms with Crippen molar-refractivity contribution in [2.24, 2.45) is 0 Å². The Bertz CT molecular complexity index is 938. The molecule has 45 heavy (non-hydrogen) atoms. The van der Waals surface area contributed by atoms with Gasteiger partial charge >= 0.3 is 0 Å². The molecule has 0 spiro atoms. The first-order valence-corrected chi connectivity index (χ1v) is 19.9. The highest BCUT2D eigenvalue weighted by atomic mass is 16.3. The van der Waals surface area contributed by atoms with Crippen molar-refractivity contribution in [3.8, 4) is 0 Å². The Kier molecular flexibility index (Phi) is 17.2. The molecule has 3 aliphatic rings. The van der Waals surface area contributed by atoms with E-state index in [0.29, 0.717) is 12.1 Å². The fourth-order valence-electron chi connectivity index (χ4n) is 8.46. The maximum absolute atomic E-state index is 9.89. The standard InChI is InChI=1S/C40H72N3O2/c1-32-39(44)27-25-36(41-32)22-17-13-9-5-3-7-11-15-20-34-30-35(38-24-19-29-43(38)31-34)21-16-12-8-4-6-10-14-18-23-37-26-28-40(45)33(2)42-37/h30-33,36-37,39-42,44-45H,3-29H2,1-2H3/q+1/t32-,33-,36+,37+,39-,40-/m1/s1. The normalized spacial score (nSPS) is 26.8. The Morgan fingerprint density at radius 3 is 1.60 bits per heavy atom. The van der Waals surface area contributed by atoms with Gasteiger partial charge in [-0.3, -0.25) is 0 Å². The number of aliphatic hydroxyl groups excluding tert-OH is 2. The van der Waals surface area contributed by atoms with E-state index in [1.54, 1.807) is 16.8 Å². The molecular weight excluding hydrogens is 554 g/mol. The van der Waals surface area contributed by atoms with Crippen LogP contribution in [0.5, 0.6) is 0 Å². The van der Waals surface area contributed by atoms with Gasteiger partial charge in [0.15, 0.2) is 11.9 Å². The molecule has 0 amide bonds. The molecule has 1 aromatic rings. The van der Waals surface area contributed by atoms with Crippen LogP contribution < -0.4 is 15.2 Å². The van der Waals surface area contributed by atoms with Crippen LogP contribution in [0, 0.1) is 0 Å². The largest absolute Gasteiger partial charge is 0.392 e. The minimum Gasteiger partial charge on any atom is -0.392 e. The van der Waals surface area contributed by atoms with Gasteiger partial charge in [-0.05, 0) is 84.1 Å². The Balaban J connectivity index is 0.983. The number of piperidine rings is 2. The molecular formula is C40H72N3O2+. The molecule has 5 heteroatoms. The van der Waals surface area contributed by atoms with Crippen LogP contribution in [0.25, 0.3) is 0 Å². The number of aromatic nitrogens is 1. The lowest BCUT2D eigenvalue weighted by Gasteiger charge is -2.32. The number of unbranched alkanes of at least 4 members (excludes halogenated alkanes) is 14. The maximum Gasteiger partial charge on any atom is 0.184 e. The summed E-state index contributed by atoms with van der Waals surface area (Å²) in [6.07, 6.45) is 36.2. The smallest absolute Gasteiger partial charge is 0.184 e. The third-order valence-corrected chi connectivity index (χ3v) is 11.5. The highest BCUT2D eigenvalue weighted by Gasteiger charge is 2.26. The van der Waals surface area contributed by atoms with Crippen molar-refractivity contribution in [3.05, 3.63) is 29.1 Å². The number of nitrogens with zero attached hydrogens (tertiary/aromatic N) is 1. The van der Waals surface area contributed by atoms with Crippen molar-refractivity contribution < 1.29 is 14.8 Å². The van der Waals surface area contributed by atoms with Gasteiger partial charge in [-0.15, -0.1) is 0 Å². The number of hydrogen-bond acceptors (Lipinski definition) is 4. The number of aliphatic hydroxyl groups is 2. The number of fused-ring (bicyclic) bond motifs is 1. The second-order valence-corrected chi connectivity index (χ2v) is 15.4. The number of rotatable bonds is 22. The predicted molar refractivity (Wildman–Crippen MR) is 189 cm³/mol. The van der Waals surface area contributed by atoms with Gasteiger partial charge in [-0.2, -0.15) is 0 Å². The SMILES string of the molecule is C[C@H]1N[C@@H](CCCCCCCCCCc2cc(CCCCCCCCCC[C@H]3CC[C@@H](O)[C@@H](C)N3)c3[n+](c2)CCC3)CC[C@H]1O. The van der Waals surface area contributed by atoms with Crippen molar-refractivity contribution >= 4 is 0 Å². The molecule has 0 bridgehead atoms. The molecule has 0 aromatic carbocycles. The first kappa shape index (κ1) is 36.8. The van der Waals surface area contributed by atoms with Crippen LogP contribution >= 0.6 is 0 Å². The number of nitrogens with one attached hydrogen (secondary N) is 2. The average molecular weight is 627 g/mol. The number of hydrogen-bond donors (Lipinski definition) is 4. The lowest BCUT2D eigenvalue weighted by Crippen LogP contribution is -2.48. The Morgan fingerprint density at radius 1 is 0.622 bits per heavy atom. The maximum atomic E-state index is 9.89. The Morgan fingerprint density at radius 2 is 1.09 bits per heavy atom. The van der Waals surface area contributed by atoms with Crippen LogP contribution in [0.1, 0.15) is 178 Å². The van der Waals surface area contributed by atoms with Crippen molar-refractivity contribution in [2.45, 2.75) is 224 Å². The molecule has 0 radical (unpaired) electrons. The first-order chi connectivity index (χ1) is 22.0. The third-order valence-electron chi connectivity index (χ3n) is 11.5. The summed E-state index contributed by atoms with van der Waals surface area (Å²) in [6.45, 7) is 5.47. The van der Waals surface area contributed by atoms with Gasteiger partial charge in [0, 0.05) is 48.1 Å². The van der Waals surface area contributed by atoms with Gasteiger partial charge in [0.1, 0.15) is 6.54 Å². The molecule has 0 aliphatic carbocycles. The van der Waals surface area contributed by atoms with E-state index in [0.717, 1.165) is 25.7 Å². The van der Waals surface area contributed by atoms with Crippen LogP contribution in [0.2, 0.25) is 0 Å². The van der Waals surface area contributed by atoms with Crippen LogP contribution in [0.3, 0.4) is 0 Å². The van der Waals surface area contributed by atoms with E-state index in [-0.39, 0.29) is 24.3 Å². The van der Waals surface area contributed by atoms with E-state index in [9.17, 15) is 10.2 Å². The molecule has 2 fully saturated rings. The van der Waals surface area contributed by atoms with Crippen LogP contribution in [-0.2, 0) is 25.8 Å². The summed E-state index contributed by atoms with van der Waals surface area (Å²) in [7, 11) is 0. The third kappa shape index (κ3) is 13.6. The molecule has 3 aliphatic heterocycles. The molecule has 258 valence electrons. The van der Waals surface area contributed by atoms with E-state index in [1.807, 2.05) is 0 Å². The monoisotopic (exact) mass is 627 g/mol. The molecule has 2 saturated heterocycles. The van der Waals surface area contributed by atoms with Gasteiger partial charge in [0.2, 0.25) is 0 Å². The van der Waals surface area contributed by atoms with E-state index in [4.69, 9.17) is 0 Å². The summed E-state index contributed by atoms with van der Waals surface area (Å²) in [5, 5.41) is 27.0. The molecule has 1 aromatic heterocycles. The first-order valence-electron chi connectivity index (χ1n) is 19.9. The molecule has 4 rings (SSSR count). The van der Waals surface area contributed by atoms with Crippen LogP contribution in [0.4, 0.5) is 0 Å². The van der Waals surface area contributed by atoms with Crippen molar-refractivity contribution in [1.82, 2.24) is 10.6 Å². The topological polar surface area (TPSA) is 68.4 Å². The van der Waals surface area contributed by atoms with Crippen LogP contribution in [0.15, 0.2) is 12.3 Å². The zero-order valence-corrected chi connectivity index (χ0v) is 29.6. The second kappa shape index (κ2) is 21.1. The highest BCUT2D eigenvalue weighted by molar-refractivity contribution is 5.23. The van der Waals surface area contributed by atoms with Gasteiger partial charge < -0.3 is 20.8 Å². The lowest BCUT2D eigenvalue weighted by atomic mass is 9.93. The molecule has 6 atom stereocenters. The highest BCUT2D eigenvalue weighted by Crippen LogP contribution is 2.22. The Hall–Kier alpha value is -1.01. The fourth-order valence-corrected chi connectivity index (χ4v) is 8.46. The average Bonchev–Trinajstić information content (AvgIpc) is 3.51. The van der Waals surface area contributed by atoms with Gasteiger partial charge in [-0.1, -0.05) is 89.9 Å². The summed E-state index contributed by atoms with van der Waals surface area (Å²) >= 11 is 0.